The summed E-state index contributed by atoms with van der Waals surface area (Å²) in [5.74, 6) is 1.76. The van der Waals surface area contributed by atoms with Crippen LogP contribution in [0.5, 0.6) is 0 Å². The van der Waals surface area contributed by atoms with Crippen LogP contribution in [0.2, 0.25) is 0 Å². The van der Waals surface area contributed by atoms with Gasteiger partial charge in [0.25, 0.3) is 0 Å². The summed E-state index contributed by atoms with van der Waals surface area (Å²) in [6.45, 7) is 8.79. The van der Waals surface area contributed by atoms with Crippen molar-refractivity contribution in [2.75, 3.05) is 6.54 Å². The smallest absolute Gasteiger partial charge is 0.0641 e. The molecule has 3 nitrogen and oxygen atoms in total. The normalized spacial score (nSPS) is 24.4. The van der Waals surface area contributed by atoms with E-state index in [4.69, 9.17) is 0 Å². The highest BCUT2D eigenvalue weighted by Gasteiger charge is 2.20. The number of hydrogen-bond acceptors (Lipinski definition) is 2. The molecule has 3 heteroatoms. The fraction of sp³-hybridized carbons (Fsp3) is 0.800. The van der Waals surface area contributed by atoms with E-state index in [1.165, 1.54) is 42.6 Å². The van der Waals surface area contributed by atoms with Gasteiger partial charge >= 0.3 is 0 Å². The van der Waals surface area contributed by atoms with E-state index in [1.54, 1.807) is 0 Å². The summed E-state index contributed by atoms with van der Waals surface area (Å²) in [5, 5.41) is 8.11. The predicted molar refractivity (Wildman–Crippen MR) is 75.5 cm³/mol. The van der Waals surface area contributed by atoms with Crippen LogP contribution >= 0.6 is 0 Å². The van der Waals surface area contributed by atoms with Crippen LogP contribution in [0.15, 0.2) is 0 Å². The second-order valence-corrected chi connectivity index (χ2v) is 5.93. The lowest BCUT2D eigenvalue weighted by Crippen LogP contribution is -2.29. The second kappa shape index (κ2) is 5.87. The Morgan fingerprint density at radius 1 is 1.28 bits per heavy atom. The summed E-state index contributed by atoms with van der Waals surface area (Å²) < 4.78 is 1.98. The first-order valence-electron chi connectivity index (χ1n) is 7.29. The minimum absolute atomic E-state index is 0.871. The molecule has 0 aromatic carbocycles. The van der Waals surface area contributed by atoms with E-state index in [1.807, 2.05) is 11.7 Å². The fourth-order valence-electron chi connectivity index (χ4n) is 3.15. The molecular formula is C15H27N3. The van der Waals surface area contributed by atoms with Gasteiger partial charge in [-0.1, -0.05) is 26.2 Å². The summed E-state index contributed by atoms with van der Waals surface area (Å²) in [6.07, 6.45) is 5.66. The van der Waals surface area contributed by atoms with E-state index in [0.29, 0.717) is 0 Å². The van der Waals surface area contributed by atoms with Gasteiger partial charge in [-0.05, 0) is 38.6 Å². The number of aryl methyl sites for hydroxylation is 2. The van der Waals surface area contributed by atoms with Gasteiger partial charge in [0.1, 0.15) is 0 Å². The zero-order chi connectivity index (χ0) is 13.1. The predicted octanol–water partition coefficient (Wildman–Crippen LogP) is 2.95. The minimum atomic E-state index is 0.871. The van der Waals surface area contributed by atoms with E-state index in [-0.39, 0.29) is 0 Å². The molecule has 0 amide bonds. The van der Waals surface area contributed by atoms with Crippen LogP contribution in [0.25, 0.3) is 0 Å². The first-order chi connectivity index (χ1) is 8.59. The number of hydrogen-bond donors (Lipinski definition) is 1. The summed E-state index contributed by atoms with van der Waals surface area (Å²) >= 11 is 0. The van der Waals surface area contributed by atoms with Gasteiger partial charge in [-0.2, -0.15) is 5.10 Å². The zero-order valence-electron chi connectivity index (χ0n) is 12.3. The average molecular weight is 249 g/mol. The van der Waals surface area contributed by atoms with Crippen molar-refractivity contribution in [3.05, 3.63) is 17.0 Å². The van der Waals surface area contributed by atoms with Crippen LogP contribution in [0.4, 0.5) is 0 Å². The SMILES string of the molecule is Cc1nn(C)c(C)c1CNCC1CCCCC1C. The zero-order valence-corrected chi connectivity index (χ0v) is 12.3. The maximum Gasteiger partial charge on any atom is 0.0641 e. The molecule has 1 N–H and O–H groups in total. The van der Waals surface area contributed by atoms with Gasteiger partial charge in [-0.25, -0.2) is 0 Å². The molecule has 0 bridgehead atoms. The Hall–Kier alpha value is -0.830. The molecule has 1 heterocycles. The van der Waals surface area contributed by atoms with Crippen LogP contribution < -0.4 is 5.32 Å². The maximum atomic E-state index is 4.47. The van der Waals surface area contributed by atoms with Crippen molar-refractivity contribution in [3.63, 3.8) is 0 Å². The van der Waals surface area contributed by atoms with Crippen molar-refractivity contribution < 1.29 is 0 Å². The van der Waals surface area contributed by atoms with E-state index in [9.17, 15) is 0 Å². The summed E-state index contributed by atoms with van der Waals surface area (Å²) in [5.41, 5.74) is 3.83. The van der Waals surface area contributed by atoms with Gasteiger partial charge in [0, 0.05) is 24.8 Å². The maximum absolute atomic E-state index is 4.47. The lowest BCUT2D eigenvalue weighted by Gasteiger charge is -2.28. The van der Waals surface area contributed by atoms with Crippen LogP contribution in [-0.2, 0) is 13.6 Å². The monoisotopic (exact) mass is 249 g/mol. The fourth-order valence-corrected chi connectivity index (χ4v) is 3.15. The van der Waals surface area contributed by atoms with Gasteiger partial charge in [0.2, 0.25) is 0 Å². The van der Waals surface area contributed by atoms with Crippen molar-refractivity contribution in [3.8, 4) is 0 Å². The largest absolute Gasteiger partial charge is 0.312 e. The molecule has 1 aromatic heterocycles. The molecule has 1 fully saturated rings. The van der Waals surface area contributed by atoms with Crippen molar-refractivity contribution in [2.24, 2.45) is 18.9 Å². The van der Waals surface area contributed by atoms with Crippen LogP contribution in [0, 0.1) is 25.7 Å². The van der Waals surface area contributed by atoms with Crippen molar-refractivity contribution in [2.45, 2.75) is 53.0 Å². The molecule has 18 heavy (non-hydrogen) atoms. The Balaban J connectivity index is 1.84. The van der Waals surface area contributed by atoms with Crippen molar-refractivity contribution in [1.29, 1.82) is 0 Å². The Bertz CT molecular complexity index is 395. The molecular weight excluding hydrogens is 222 g/mol. The molecule has 1 aliphatic rings. The first kappa shape index (κ1) is 13.6. The summed E-state index contributed by atoms with van der Waals surface area (Å²) in [7, 11) is 2.02. The average Bonchev–Trinajstić information content (AvgIpc) is 2.58. The van der Waals surface area contributed by atoms with Gasteiger partial charge in [-0.3, -0.25) is 4.68 Å². The van der Waals surface area contributed by atoms with Crippen molar-refractivity contribution >= 4 is 0 Å². The number of nitrogens with zero attached hydrogens (tertiary/aromatic N) is 2. The lowest BCUT2D eigenvalue weighted by atomic mass is 9.80. The Kier molecular flexibility index (Phi) is 4.44. The molecule has 0 radical (unpaired) electrons. The first-order valence-corrected chi connectivity index (χ1v) is 7.29. The van der Waals surface area contributed by atoms with Crippen LogP contribution in [-0.4, -0.2) is 16.3 Å². The molecule has 0 spiro atoms. The van der Waals surface area contributed by atoms with E-state index >= 15 is 0 Å². The summed E-state index contributed by atoms with van der Waals surface area (Å²) in [4.78, 5) is 0. The Labute approximate surface area is 111 Å². The number of nitrogens with one attached hydrogen (secondary N) is 1. The third-order valence-electron chi connectivity index (χ3n) is 4.66. The Morgan fingerprint density at radius 3 is 2.61 bits per heavy atom. The molecule has 0 aliphatic heterocycles. The molecule has 102 valence electrons. The van der Waals surface area contributed by atoms with E-state index < -0.39 is 0 Å². The molecule has 1 saturated carbocycles. The molecule has 2 unspecified atom stereocenters. The molecule has 1 aromatic rings. The topological polar surface area (TPSA) is 29.9 Å². The quantitative estimate of drug-likeness (QED) is 0.889. The molecule has 0 saturated heterocycles. The number of aromatic nitrogens is 2. The highest BCUT2D eigenvalue weighted by molar-refractivity contribution is 5.23. The lowest BCUT2D eigenvalue weighted by molar-refractivity contribution is 0.247. The third kappa shape index (κ3) is 2.94. The van der Waals surface area contributed by atoms with Crippen LogP contribution in [0.1, 0.15) is 49.6 Å². The highest BCUT2D eigenvalue weighted by atomic mass is 15.3. The number of rotatable bonds is 4. The third-order valence-corrected chi connectivity index (χ3v) is 4.66. The van der Waals surface area contributed by atoms with Crippen molar-refractivity contribution in [1.82, 2.24) is 15.1 Å². The van der Waals surface area contributed by atoms with Gasteiger partial charge in [-0.15, -0.1) is 0 Å². The van der Waals surface area contributed by atoms with Gasteiger partial charge < -0.3 is 5.32 Å². The summed E-state index contributed by atoms with van der Waals surface area (Å²) in [6, 6.07) is 0. The van der Waals surface area contributed by atoms with Crippen LogP contribution in [0.3, 0.4) is 0 Å². The molecule has 1 aliphatic carbocycles. The second-order valence-electron chi connectivity index (χ2n) is 5.93. The molecule has 2 rings (SSSR count). The Morgan fingerprint density at radius 2 is 2.00 bits per heavy atom. The minimum Gasteiger partial charge on any atom is -0.312 e. The van der Waals surface area contributed by atoms with Gasteiger partial charge in [0.05, 0.1) is 5.69 Å². The standard InChI is InChI=1S/C15H27N3/c1-11-7-5-6-8-14(11)9-16-10-15-12(2)17-18(4)13(15)3/h11,14,16H,5-10H2,1-4H3. The van der Waals surface area contributed by atoms with E-state index in [0.717, 1.165) is 24.9 Å². The highest BCUT2D eigenvalue weighted by Crippen LogP contribution is 2.28. The molecule has 2 atom stereocenters. The van der Waals surface area contributed by atoms with E-state index in [2.05, 4.69) is 31.2 Å². The van der Waals surface area contributed by atoms with Gasteiger partial charge in [0.15, 0.2) is 0 Å².